The number of benzene rings is 14. The topological polar surface area (TPSA) is 32.3 Å². The van der Waals surface area contributed by atoms with Gasteiger partial charge in [-0.2, -0.15) is 0 Å². The Hall–Kier alpha value is -12.8. The number of anilines is 6. The molecule has 1 unspecified atom stereocenters. The normalized spacial score (nSPS) is 15.3. The molecule has 15 aromatic rings. The minimum Gasteiger partial charge on any atom is -0.311 e. The summed E-state index contributed by atoms with van der Waals surface area (Å²) in [6.45, 7) is 4.99. The lowest BCUT2D eigenvalue weighted by Crippen LogP contribution is -2.30. The molecule has 2 spiro atoms. The average molecular weight is 1260 g/mol. The Morgan fingerprint density at radius 3 is 1.04 bits per heavy atom. The summed E-state index contributed by atoms with van der Waals surface area (Å²) >= 11 is 0. The highest BCUT2D eigenvalue weighted by Gasteiger charge is 2.52. The van der Waals surface area contributed by atoms with Crippen molar-refractivity contribution in [2.75, 3.05) is 9.80 Å². The standard InChI is InChI=1S/C95H64N4/c1-63-27-7-2-8-28-64-29-17-22-42-83(64)94(63)84-43-23-18-40-79(84)81-57-49-67(61-88(81)94)75-59-60-76(68-50-58-82-80-41-21-26-46-87(80)95(89(82)62-68)85-44-24-19-38-77(85)78-39-20-25-45-86(78)95)92-93(75)97-91(90(96-92)65-30-9-3-10-31-65)66-47-51-72(52-48-66)99(71-36-15-6-16-37-71)74-55-53-73(54-56-74)98(69-32-11-4-12-33-69)70-34-13-5-14-35-70/h2-27,29-62H,1,28H2/b8-2-,27-7-. The van der Waals surface area contributed by atoms with Crippen molar-refractivity contribution in [2.24, 2.45) is 0 Å². The number of rotatable bonds is 10. The third kappa shape index (κ3) is 8.93. The first-order valence-corrected chi connectivity index (χ1v) is 34.2. The van der Waals surface area contributed by atoms with Crippen LogP contribution in [0.4, 0.5) is 34.1 Å². The van der Waals surface area contributed by atoms with Crippen LogP contribution in [0.3, 0.4) is 0 Å². The summed E-state index contributed by atoms with van der Waals surface area (Å²) in [5, 5.41) is 0. The number of hydrogen-bond donors (Lipinski definition) is 0. The summed E-state index contributed by atoms with van der Waals surface area (Å²) in [6, 6.07) is 124. The fraction of sp³-hybridized carbons (Fsp3) is 0.0316. The predicted octanol–water partition coefficient (Wildman–Crippen LogP) is 24.1. The second-order valence-corrected chi connectivity index (χ2v) is 26.3. The highest BCUT2D eigenvalue weighted by atomic mass is 15.2. The van der Waals surface area contributed by atoms with E-state index in [1.165, 1.54) is 77.9 Å². The second kappa shape index (κ2) is 23.3. The van der Waals surface area contributed by atoms with Crippen molar-refractivity contribution in [1.29, 1.82) is 0 Å². The lowest BCUT2D eigenvalue weighted by molar-refractivity contribution is 0.760. The number of para-hydroxylation sites is 3. The van der Waals surface area contributed by atoms with Crippen molar-refractivity contribution in [2.45, 2.75) is 17.3 Å². The van der Waals surface area contributed by atoms with E-state index in [1.54, 1.807) is 0 Å². The van der Waals surface area contributed by atoms with Gasteiger partial charge in [0, 0.05) is 56.4 Å². The van der Waals surface area contributed by atoms with Gasteiger partial charge in [0.1, 0.15) is 0 Å². The first kappa shape index (κ1) is 57.7. The molecule has 0 bridgehead atoms. The van der Waals surface area contributed by atoms with Crippen molar-refractivity contribution >= 4 is 45.2 Å². The van der Waals surface area contributed by atoms with Crippen molar-refractivity contribution < 1.29 is 0 Å². The van der Waals surface area contributed by atoms with E-state index in [9.17, 15) is 0 Å². The van der Waals surface area contributed by atoms with E-state index >= 15 is 0 Å². The van der Waals surface area contributed by atoms with Gasteiger partial charge in [-0.05, 0) is 186 Å². The molecule has 0 radical (unpaired) electrons. The maximum atomic E-state index is 6.10. The van der Waals surface area contributed by atoms with Gasteiger partial charge in [0.25, 0.3) is 0 Å². The molecule has 0 amide bonds. The Morgan fingerprint density at radius 2 is 0.586 bits per heavy atom. The summed E-state index contributed by atoms with van der Waals surface area (Å²) in [7, 11) is 0. The molecule has 4 aliphatic rings. The molecule has 4 nitrogen and oxygen atoms in total. The fourth-order valence-electron chi connectivity index (χ4n) is 16.9. The van der Waals surface area contributed by atoms with Gasteiger partial charge >= 0.3 is 0 Å². The average Bonchev–Trinajstić information content (AvgIpc) is 1.51. The third-order valence-electron chi connectivity index (χ3n) is 21.1. The molecule has 19 rings (SSSR count). The molecular formula is C95H64N4. The highest BCUT2D eigenvalue weighted by Crippen LogP contribution is 2.64. The Bertz CT molecular complexity index is 5670. The molecule has 0 fully saturated rings. The van der Waals surface area contributed by atoms with Crippen LogP contribution in [0, 0.1) is 0 Å². The third-order valence-corrected chi connectivity index (χ3v) is 21.1. The molecule has 0 aliphatic heterocycles. The van der Waals surface area contributed by atoms with Gasteiger partial charge in [0.2, 0.25) is 0 Å². The van der Waals surface area contributed by atoms with E-state index < -0.39 is 10.8 Å². The largest absolute Gasteiger partial charge is 0.311 e. The lowest BCUT2D eigenvalue weighted by atomic mass is 9.66. The number of hydrogen-bond acceptors (Lipinski definition) is 4. The Labute approximate surface area is 577 Å². The number of aromatic nitrogens is 2. The fourth-order valence-corrected chi connectivity index (χ4v) is 16.9. The zero-order chi connectivity index (χ0) is 65.6. The first-order valence-electron chi connectivity index (χ1n) is 34.2. The van der Waals surface area contributed by atoms with Gasteiger partial charge in [0.15, 0.2) is 0 Å². The van der Waals surface area contributed by atoms with Gasteiger partial charge in [-0.3, -0.25) is 0 Å². The van der Waals surface area contributed by atoms with Gasteiger partial charge in [-0.1, -0.05) is 286 Å². The maximum Gasteiger partial charge on any atom is 0.0979 e. The van der Waals surface area contributed by atoms with E-state index in [2.05, 4.69) is 374 Å². The van der Waals surface area contributed by atoms with Crippen molar-refractivity contribution in [1.82, 2.24) is 9.97 Å². The SMILES string of the molecule is C=C1/C=C\C=C/Cc2ccccc2C12c1ccccc1-c1ccc(-c3ccc(-c4ccc5c(c4)C4(c6ccccc6-c6ccccc64)c4ccccc4-5)c4nc(-c5ccccc5)c(-c5ccc(N(c6ccccc6)c6ccc(N(c7ccccc7)c7ccccc7)cc6)cc5)nc34)cc12. The molecule has 0 saturated heterocycles. The summed E-state index contributed by atoms with van der Waals surface area (Å²) in [6.07, 6.45) is 9.61. The first-order chi connectivity index (χ1) is 49.0. The van der Waals surface area contributed by atoms with Gasteiger partial charge in [-0.15, -0.1) is 0 Å². The van der Waals surface area contributed by atoms with E-state index in [-0.39, 0.29) is 0 Å². The maximum absolute atomic E-state index is 6.10. The molecule has 464 valence electrons. The quantitative estimate of drug-likeness (QED) is 0.137. The van der Waals surface area contributed by atoms with Crippen LogP contribution < -0.4 is 9.80 Å². The van der Waals surface area contributed by atoms with Crippen LogP contribution in [0.25, 0.3) is 89.2 Å². The monoisotopic (exact) mass is 1260 g/mol. The molecule has 4 aliphatic carbocycles. The second-order valence-electron chi connectivity index (χ2n) is 26.3. The van der Waals surface area contributed by atoms with Crippen LogP contribution in [0.2, 0.25) is 0 Å². The minimum atomic E-state index is -0.675. The number of nitrogens with zero attached hydrogens (tertiary/aromatic N) is 4. The van der Waals surface area contributed by atoms with E-state index in [0.29, 0.717) is 0 Å². The van der Waals surface area contributed by atoms with Crippen molar-refractivity contribution in [3.05, 3.63) is 421 Å². The Morgan fingerprint density at radius 1 is 0.263 bits per heavy atom. The van der Waals surface area contributed by atoms with Crippen molar-refractivity contribution in [3.8, 4) is 78.1 Å². The van der Waals surface area contributed by atoms with Gasteiger partial charge in [-0.25, -0.2) is 9.97 Å². The molecule has 1 atom stereocenters. The molecule has 1 aromatic heterocycles. The number of fused-ring (bicyclic) bond motifs is 18. The van der Waals surface area contributed by atoms with Crippen LogP contribution >= 0.6 is 0 Å². The van der Waals surface area contributed by atoms with E-state index in [1.807, 2.05) is 0 Å². The van der Waals surface area contributed by atoms with Crippen LogP contribution in [-0.4, -0.2) is 9.97 Å². The molecule has 0 saturated carbocycles. The Balaban J connectivity index is 0.821. The molecular weight excluding hydrogens is 1200 g/mol. The lowest BCUT2D eigenvalue weighted by Gasteiger charge is -2.35. The molecule has 0 N–H and O–H groups in total. The zero-order valence-electron chi connectivity index (χ0n) is 54.3. The van der Waals surface area contributed by atoms with E-state index in [0.717, 1.165) is 102 Å². The summed E-state index contributed by atoms with van der Waals surface area (Å²) < 4.78 is 0. The predicted molar refractivity (Wildman–Crippen MR) is 410 cm³/mol. The molecule has 99 heavy (non-hydrogen) atoms. The van der Waals surface area contributed by atoms with Gasteiger partial charge < -0.3 is 9.80 Å². The van der Waals surface area contributed by atoms with E-state index in [4.69, 9.17) is 16.5 Å². The smallest absolute Gasteiger partial charge is 0.0979 e. The zero-order valence-corrected chi connectivity index (χ0v) is 54.3. The summed E-state index contributed by atoms with van der Waals surface area (Å²) in [5.41, 5.74) is 33.1. The Kier molecular flexibility index (Phi) is 13.6. The van der Waals surface area contributed by atoms with Crippen LogP contribution in [-0.2, 0) is 17.3 Å². The van der Waals surface area contributed by atoms with Crippen LogP contribution in [0.5, 0.6) is 0 Å². The van der Waals surface area contributed by atoms with Crippen LogP contribution in [0.15, 0.2) is 376 Å². The highest BCUT2D eigenvalue weighted by molar-refractivity contribution is 6.05. The molecule has 1 heterocycles. The molecule has 4 heteroatoms. The summed E-state index contributed by atoms with van der Waals surface area (Å²) in [5.74, 6) is 0. The van der Waals surface area contributed by atoms with Crippen LogP contribution in [0.1, 0.15) is 44.5 Å². The minimum absolute atomic E-state index is 0.529. The number of allylic oxidation sites excluding steroid dienone is 5. The van der Waals surface area contributed by atoms with Gasteiger partial charge in [0.05, 0.1) is 33.3 Å². The van der Waals surface area contributed by atoms with Crippen molar-refractivity contribution in [3.63, 3.8) is 0 Å². The molecule has 14 aromatic carbocycles. The summed E-state index contributed by atoms with van der Waals surface area (Å²) in [4.78, 5) is 16.8.